The number of halogens is 1. The quantitative estimate of drug-likeness (QED) is 0.652. The van der Waals surface area contributed by atoms with Crippen LogP contribution in [0.25, 0.3) is 0 Å². The highest BCUT2D eigenvalue weighted by Gasteiger charge is 2.24. The standard InChI is InChI=1S/C6H8FNO2/c1-6(2,7)5-8-4(9)3-10-5/h3,9H,1-2H3. The van der Waals surface area contributed by atoms with E-state index in [2.05, 4.69) is 9.40 Å². The predicted octanol–water partition coefficient (Wildman–Crippen LogP) is 1.58. The Hall–Kier alpha value is -1.06. The Kier molecular flexibility index (Phi) is 1.39. The maximum atomic E-state index is 12.9. The molecule has 0 bridgehead atoms. The number of aromatic nitrogens is 1. The number of hydrogen-bond donors (Lipinski definition) is 1. The largest absolute Gasteiger partial charge is 0.491 e. The molecule has 0 aliphatic carbocycles. The van der Waals surface area contributed by atoms with Gasteiger partial charge in [0.15, 0.2) is 11.9 Å². The number of aromatic hydroxyl groups is 1. The molecule has 0 atom stereocenters. The molecule has 56 valence electrons. The molecule has 0 amide bonds. The molecule has 4 heteroatoms. The molecular formula is C6H8FNO2. The summed E-state index contributed by atoms with van der Waals surface area (Å²) < 4.78 is 17.5. The van der Waals surface area contributed by atoms with E-state index in [4.69, 9.17) is 5.11 Å². The smallest absolute Gasteiger partial charge is 0.250 e. The molecule has 0 spiro atoms. The normalized spacial score (nSPS) is 11.9. The molecule has 0 saturated heterocycles. The second-order valence-corrected chi connectivity index (χ2v) is 2.48. The molecule has 10 heavy (non-hydrogen) atoms. The zero-order valence-electron chi connectivity index (χ0n) is 5.76. The van der Waals surface area contributed by atoms with E-state index in [9.17, 15) is 4.39 Å². The second kappa shape index (κ2) is 1.97. The minimum absolute atomic E-state index is 0.106. The van der Waals surface area contributed by atoms with Crippen molar-refractivity contribution in [3.05, 3.63) is 12.2 Å². The van der Waals surface area contributed by atoms with E-state index in [0.29, 0.717) is 0 Å². The summed E-state index contributed by atoms with van der Waals surface area (Å²) in [7, 11) is 0. The fourth-order valence-electron chi connectivity index (χ4n) is 0.538. The van der Waals surface area contributed by atoms with Crippen LogP contribution in [-0.2, 0) is 5.67 Å². The lowest BCUT2D eigenvalue weighted by Gasteiger charge is -2.06. The fraction of sp³-hybridized carbons (Fsp3) is 0.500. The third kappa shape index (κ3) is 1.26. The van der Waals surface area contributed by atoms with E-state index in [-0.39, 0.29) is 11.8 Å². The Morgan fingerprint density at radius 2 is 2.30 bits per heavy atom. The molecule has 1 aromatic heterocycles. The van der Waals surface area contributed by atoms with Crippen molar-refractivity contribution in [3.8, 4) is 5.88 Å². The van der Waals surface area contributed by atoms with Crippen molar-refractivity contribution in [2.75, 3.05) is 0 Å². The van der Waals surface area contributed by atoms with E-state index in [1.165, 1.54) is 13.8 Å². The maximum Gasteiger partial charge on any atom is 0.250 e. The van der Waals surface area contributed by atoms with Gasteiger partial charge >= 0.3 is 0 Å². The van der Waals surface area contributed by atoms with Crippen molar-refractivity contribution in [2.24, 2.45) is 0 Å². The van der Waals surface area contributed by atoms with Gasteiger partial charge in [-0.2, -0.15) is 4.98 Å². The van der Waals surface area contributed by atoms with Crippen molar-refractivity contribution in [3.63, 3.8) is 0 Å². The summed E-state index contributed by atoms with van der Waals surface area (Å²) >= 11 is 0. The Morgan fingerprint density at radius 3 is 2.50 bits per heavy atom. The van der Waals surface area contributed by atoms with Gasteiger partial charge < -0.3 is 9.52 Å². The summed E-state index contributed by atoms with van der Waals surface area (Å²) in [6.07, 6.45) is 0.997. The van der Waals surface area contributed by atoms with E-state index in [1.54, 1.807) is 0 Å². The molecular weight excluding hydrogens is 137 g/mol. The van der Waals surface area contributed by atoms with Gasteiger partial charge in [0.1, 0.15) is 0 Å². The molecule has 3 nitrogen and oxygen atoms in total. The van der Waals surface area contributed by atoms with Crippen LogP contribution in [0.5, 0.6) is 5.88 Å². The van der Waals surface area contributed by atoms with Gasteiger partial charge in [-0.15, -0.1) is 0 Å². The first kappa shape index (κ1) is 7.05. The molecule has 0 aromatic carbocycles. The molecule has 0 fully saturated rings. The highest BCUT2D eigenvalue weighted by molar-refractivity contribution is 5.04. The highest BCUT2D eigenvalue weighted by atomic mass is 19.1. The molecule has 1 aromatic rings. The van der Waals surface area contributed by atoms with Crippen LogP contribution in [0.1, 0.15) is 19.7 Å². The molecule has 0 aliphatic heterocycles. The lowest BCUT2D eigenvalue weighted by Crippen LogP contribution is -2.08. The fourth-order valence-corrected chi connectivity index (χ4v) is 0.538. The van der Waals surface area contributed by atoms with E-state index in [0.717, 1.165) is 6.26 Å². The van der Waals surface area contributed by atoms with Crippen LogP contribution < -0.4 is 0 Å². The van der Waals surface area contributed by atoms with Gasteiger partial charge in [0, 0.05) is 0 Å². The number of oxazole rings is 1. The van der Waals surface area contributed by atoms with Crippen LogP contribution in [-0.4, -0.2) is 10.1 Å². The van der Waals surface area contributed by atoms with Crippen molar-refractivity contribution in [2.45, 2.75) is 19.5 Å². The summed E-state index contributed by atoms with van der Waals surface area (Å²) in [6.45, 7) is 2.61. The molecule has 0 saturated carbocycles. The minimum atomic E-state index is -1.62. The van der Waals surface area contributed by atoms with Crippen LogP contribution in [0.3, 0.4) is 0 Å². The third-order valence-electron chi connectivity index (χ3n) is 1.00. The zero-order chi connectivity index (χ0) is 7.78. The predicted molar refractivity (Wildman–Crippen MR) is 32.3 cm³/mol. The summed E-state index contributed by atoms with van der Waals surface area (Å²) in [6, 6.07) is 0. The summed E-state index contributed by atoms with van der Waals surface area (Å²) in [5.41, 5.74) is -1.62. The number of hydrogen-bond acceptors (Lipinski definition) is 3. The van der Waals surface area contributed by atoms with Crippen LogP contribution in [0.4, 0.5) is 4.39 Å². The Labute approximate surface area is 57.5 Å². The third-order valence-corrected chi connectivity index (χ3v) is 1.00. The average Bonchev–Trinajstić information content (AvgIpc) is 2.11. The van der Waals surface area contributed by atoms with Gasteiger partial charge in [-0.05, 0) is 13.8 Å². The summed E-state index contributed by atoms with van der Waals surface area (Å²) in [5, 5.41) is 8.64. The van der Waals surface area contributed by atoms with Gasteiger partial charge in [0.2, 0.25) is 5.89 Å². The van der Waals surface area contributed by atoms with Gasteiger partial charge in [0.25, 0.3) is 5.88 Å². The van der Waals surface area contributed by atoms with Crippen LogP contribution >= 0.6 is 0 Å². The molecule has 0 unspecified atom stereocenters. The van der Waals surface area contributed by atoms with Crippen molar-refractivity contribution in [1.82, 2.24) is 4.98 Å². The van der Waals surface area contributed by atoms with Crippen LogP contribution in [0, 0.1) is 0 Å². The van der Waals surface area contributed by atoms with Gasteiger partial charge in [-0.1, -0.05) is 0 Å². The number of alkyl halides is 1. The monoisotopic (exact) mass is 145 g/mol. The molecule has 1 rings (SSSR count). The van der Waals surface area contributed by atoms with Crippen molar-refractivity contribution >= 4 is 0 Å². The van der Waals surface area contributed by atoms with E-state index < -0.39 is 5.67 Å². The first-order valence-corrected chi connectivity index (χ1v) is 2.84. The number of rotatable bonds is 1. The maximum absolute atomic E-state index is 12.9. The van der Waals surface area contributed by atoms with Gasteiger partial charge in [0.05, 0.1) is 0 Å². The SMILES string of the molecule is CC(C)(F)c1nc(O)co1. The van der Waals surface area contributed by atoms with Gasteiger partial charge in [-0.3, -0.25) is 0 Å². The summed E-state index contributed by atoms with van der Waals surface area (Å²) in [5.74, 6) is -0.397. The van der Waals surface area contributed by atoms with E-state index in [1.807, 2.05) is 0 Å². The first-order valence-electron chi connectivity index (χ1n) is 2.84. The zero-order valence-corrected chi connectivity index (χ0v) is 5.76. The molecule has 0 radical (unpaired) electrons. The van der Waals surface area contributed by atoms with Gasteiger partial charge in [-0.25, -0.2) is 4.39 Å². The average molecular weight is 145 g/mol. The Balaban J connectivity index is 2.96. The van der Waals surface area contributed by atoms with E-state index >= 15 is 0 Å². The minimum Gasteiger partial charge on any atom is -0.491 e. The molecule has 1 heterocycles. The lowest BCUT2D eigenvalue weighted by molar-refractivity contribution is 0.170. The lowest BCUT2D eigenvalue weighted by atomic mass is 10.2. The Bertz CT molecular complexity index is 226. The highest BCUT2D eigenvalue weighted by Crippen LogP contribution is 2.24. The first-order chi connectivity index (χ1) is 4.50. The van der Waals surface area contributed by atoms with Crippen LogP contribution in [0.15, 0.2) is 10.7 Å². The van der Waals surface area contributed by atoms with Crippen molar-refractivity contribution in [1.29, 1.82) is 0 Å². The Morgan fingerprint density at radius 1 is 1.70 bits per heavy atom. The van der Waals surface area contributed by atoms with Crippen molar-refractivity contribution < 1.29 is 13.9 Å². The van der Waals surface area contributed by atoms with Crippen LogP contribution in [0.2, 0.25) is 0 Å². The molecule has 1 N–H and O–H groups in total. The molecule has 0 aliphatic rings. The summed E-state index contributed by atoms with van der Waals surface area (Å²) in [4.78, 5) is 3.40. The second-order valence-electron chi connectivity index (χ2n) is 2.48. The number of nitrogens with zero attached hydrogens (tertiary/aromatic N) is 1. The topological polar surface area (TPSA) is 46.3 Å².